The summed E-state index contributed by atoms with van der Waals surface area (Å²) in [4.78, 5) is 4.39. The Hall–Kier alpha value is -1.22. The van der Waals surface area contributed by atoms with E-state index in [0.717, 1.165) is 49.2 Å². The lowest BCUT2D eigenvalue weighted by Crippen LogP contribution is -2.41. The van der Waals surface area contributed by atoms with Gasteiger partial charge in [0.05, 0.1) is 19.3 Å². The lowest BCUT2D eigenvalue weighted by molar-refractivity contribution is 0.128. The Morgan fingerprint density at radius 2 is 1.79 bits per heavy atom. The van der Waals surface area contributed by atoms with Gasteiger partial charge in [-0.1, -0.05) is 6.07 Å². The minimum Gasteiger partial charge on any atom is -0.490 e. The van der Waals surface area contributed by atoms with E-state index in [1.54, 1.807) is 0 Å². The van der Waals surface area contributed by atoms with E-state index in [9.17, 15) is 0 Å². The summed E-state index contributed by atoms with van der Waals surface area (Å²) in [6.07, 6.45) is 3.63. The number of nitrogens with one attached hydrogen (secondary N) is 2. The van der Waals surface area contributed by atoms with Crippen LogP contribution in [0.15, 0.2) is 23.2 Å². The number of benzene rings is 1. The van der Waals surface area contributed by atoms with Gasteiger partial charge in [-0.2, -0.15) is 0 Å². The average Bonchev–Trinajstić information content (AvgIpc) is 3.47. The molecule has 2 rings (SSSR count). The van der Waals surface area contributed by atoms with Crippen molar-refractivity contribution in [2.45, 2.75) is 53.0 Å². The third-order valence-electron chi connectivity index (χ3n) is 5.21. The Bertz CT molecular complexity index is 636. The van der Waals surface area contributed by atoms with Crippen LogP contribution in [0.25, 0.3) is 0 Å². The topological polar surface area (TPSA) is 64.1 Å². The molecule has 1 unspecified atom stereocenters. The van der Waals surface area contributed by atoms with Gasteiger partial charge in [-0.15, -0.1) is 24.0 Å². The first-order valence-electron chi connectivity index (χ1n) is 10.5. The van der Waals surface area contributed by atoms with Gasteiger partial charge in [-0.25, -0.2) is 0 Å². The second kappa shape index (κ2) is 13.2. The molecular formula is C22H38IN3O3. The van der Waals surface area contributed by atoms with Gasteiger partial charge in [-0.05, 0) is 70.1 Å². The number of hydrogen-bond acceptors (Lipinski definition) is 4. The molecule has 6 nitrogen and oxygen atoms in total. The van der Waals surface area contributed by atoms with Gasteiger partial charge in [-0.3, -0.25) is 4.99 Å². The third-order valence-corrected chi connectivity index (χ3v) is 5.21. The maximum Gasteiger partial charge on any atom is 0.191 e. The van der Waals surface area contributed by atoms with Crippen LogP contribution < -0.4 is 20.1 Å². The SMILES string of the molecule is CCOCCC1(CNC(=NC)NC(C)c2ccc(OCC)c(OCC)c2)CC1.I. The molecule has 1 aliphatic carbocycles. The zero-order valence-corrected chi connectivity index (χ0v) is 20.9. The van der Waals surface area contributed by atoms with Crippen molar-refractivity contribution < 1.29 is 14.2 Å². The first-order valence-corrected chi connectivity index (χ1v) is 10.5. The first-order chi connectivity index (χ1) is 13.6. The standard InChI is InChI=1S/C22H37N3O3.HI/c1-6-26-14-13-22(11-12-22)16-24-21(23-5)25-17(4)18-9-10-19(27-7-2)20(15-18)28-8-3;/h9-10,15,17H,6-8,11-14,16H2,1-5H3,(H2,23,24,25);1H. The average molecular weight is 519 g/mol. The van der Waals surface area contributed by atoms with Crippen molar-refractivity contribution in [2.24, 2.45) is 10.4 Å². The number of aliphatic imine (C=N–C) groups is 1. The molecule has 1 atom stereocenters. The van der Waals surface area contributed by atoms with Crippen molar-refractivity contribution in [2.75, 3.05) is 40.0 Å². The second-order valence-corrected chi connectivity index (χ2v) is 7.31. The molecular weight excluding hydrogens is 481 g/mol. The quantitative estimate of drug-likeness (QED) is 0.184. The van der Waals surface area contributed by atoms with E-state index in [2.05, 4.69) is 28.6 Å². The summed E-state index contributed by atoms with van der Waals surface area (Å²) in [6, 6.07) is 6.19. The molecule has 1 saturated carbocycles. The highest BCUT2D eigenvalue weighted by molar-refractivity contribution is 14.0. The normalized spacial score (nSPS) is 15.8. The number of halogens is 1. The smallest absolute Gasteiger partial charge is 0.191 e. The zero-order chi connectivity index (χ0) is 20.4. The van der Waals surface area contributed by atoms with Crippen LogP contribution in [-0.2, 0) is 4.74 Å². The van der Waals surface area contributed by atoms with E-state index in [1.165, 1.54) is 12.8 Å². The summed E-state index contributed by atoms with van der Waals surface area (Å²) in [5, 5.41) is 6.98. The maximum atomic E-state index is 5.75. The highest BCUT2D eigenvalue weighted by Crippen LogP contribution is 2.48. The molecule has 0 aromatic heterocycles. The molecule has 166 valence electrons. The van der Waals surface area contributed by atoms with E-state index in [4.69, 9.17) is 14.2 Å². The molecule has 1 fully saturated rings. The van der Waals surface area contributed by atoms with Crippen molar-refractivity contribution in [3.8, 4) is 11.5 Å². The summed E-state index contributed by atoms with van der Waals surface area (Å²) in [6.45, 7) is 11.9. The molecule has 7 heteroatoms. The fourth-order valence-electron chi connectivity index (χ4n) is 3.22. The predicted octanol–water partition coefficient (Wildman–Crippen LogP) is 4.53. The number of rotatable bonds is 12. The monoisotopic (exact) mass is 519 g/mol. The summed E-state index contributed by atoms with van der Waals surface area (Å²) in [7, 11) is 1.81. The van der Waals surface area contributed by atoms with Crippen LogP contribution in [0.4, 0.5) is 0 Å². The maximum absolute atomic E-state index is 5.75. The lowest BCUT2D eigenvalue weighted by Gasteiger charge is -2.22. The van der Waals surface area contributed by atoms with E-state index in [1.807, 2.05) is 40.0 Å². The fraction of sp³-hybridized carbons (Fsp3) is 0.682. The van der Waals surface area contributed by atoms with Crippen molar-refractivity contribution in [3.63, 3.8) is 0 Å². The van der Waals surface area contributed by atoms with E-state index in [-0.39, 0.29) is 30.0 Å². The Morgan fingerprint density at radius 3 is 2.38 bits per heavy atom. The molecule has 0 bridgehead atoms. The largest absolute Gasteiger partial charge is 0.490 e. The number of ether oxygens (including phenoxy) is 3. The molecule has 1 aromatic carbocycles. The zero-order valence-electron chi connectivity index (χ0n) is 18.5. The minimum atomic E-state index is 0. The molecule has 0 saturated heterocycles. The Kier molecular flexibility index (Phi) is 11.7. The predicted molar refractivity (Wildman–Crippen MR) is 130 cm³/mol. The molecule has 1 aromatic rings. The van der Waals surface area contributed by atoms with E-state index < -0.39 is 0 Å². The van der Waals surface area contributed by atoms with Crippen LogP contribution in [0.5, 0.6) is 11.5 Å². The van der Waals surface area contributed by atoms with Crippen molar-refractivity contribution in [1.82, 2.24) is 10.6 Å². The van der Waals surface area contributed by atoms with Gasteiger partial charge < -0.3 is 24.8 Å². The highest BCUT2D eigenvalue weighted by atomic mass is 127. The van der Waals surface area contributed by atoms with Gasteiger partial charge in [0, 0.05) is 26.8 Å². The van der Waals surface area contributed by atoms with Gasteiger partial charge in [0.15, 0.2) is 17.5 Å². The van der Waals surface area contributed by atoms with Crippen molar-refractivity contribution >= 4 is 29.9 Å². The van der Waals surface area contributed by atoms with Gasteiger partial charge in [0.25, 0.3) is 0 Å². The Morgan fingerprint density at radius 1 is 1.10 bits per heavy atom. The third kappa shape index (κ3) is 8.20. The van der Waals surface area contributed by atoms with Crippen LogP contribution >= 0.6 is 24.0 Å². The van der Waals surface area contributed by atoms with Crippen LogP contribution in [0.3, 0.4) is 0 Å². The number of nitrogens with zero attached hydrogens (tertiary/aromatic N) is 1. The second-order valence-electron chi connectivity index (χ2n) is 7.31. The summed E-state index contributed by atoms with van der Waals surface area (Å²) in [5.41, 5.74) is 1.50. The molecule has 2 N–H and O–H groups in total. The van der Waals surface area contributed by atoms with Crippen LogP contribution in [0.2, 0.25) is 0 Å². The van der Waals surface area contributed by atoms with E-state index >= 15 is 0 Å². The summed E-state index contributed by atoms with van der Waals surface area (Å²) >= 11 is 0. The Balaban J connectivity index is 0.00000420. The number of guanidine groups is 1. The molecule has 0 heterocycles. The summed E-state index contributed by atoms with van der Waals surface area (Å²) < 4.78 is 16.9. The van der Waals surface area contributed by atoms with Crippen molar-refractivity contribution in [3.05, 3.63) is 23.8 Å². The molecule has 1 aliphatic rings. The van der Waals surface area contributed by atoms with E-state index in [0.29, 0.717) is 18.6 Å². The molecule has 0 aliphatic heterocycles. The van der Waals surface area contributed by atoms with Crippen LogP contribution in [0.1, 0.15) is 58.6 Å². The molecule has 29 heavy (non-hydrogen) atoms. The molecule has 0 radical (unpaired) electrons. The lowest BCUT2D eigenvalue weighted by atomic mass is 10.0. The highest BCUT2D eigenvalue weighted by Gasteiger charge is 2.42. The van der Waals surface area contributed by atoms with Gasteiger partial charge >= 0.3 is 0 Å². The van der Waals surface area contributed by atoms with Gasteiger partial charge in [0.2, 0.25) is 0 Å². The van der Waals surface area contributed by atoms with Gasteiger partial charge in [0.1, 0.15) is 0 Å². The number of hydrogen-bond donors (Lipinski definition) is 2. The van der Waals surface area contributed by atoms with Crippen LogP contribution in [0, 0.1) is 5.41 Å². The fourth-order valence-corrected chi connectivity index (χ4v) is 3.22. The first kappa shape index (κ1) is 25.8. The Labute approximate surface area is 193 Å². The summed E-state index contributed by atoms with van der Waals surface area (Å²) in [5.74, 6) is 2.39. The van der Waals surface area contributed by atoms with Crippen molar-refractivity contribution in [1.29, 1.82) is 0 Å². The van der Waals surface area contributed by atoms with Crippen LogP contribution in [-0.4, -0.2) is 46.0 Å². The molecule has 0 spiro atoms. The molecule has 0 amide bonds. The minimum absolute atomic E-state index is 0.